The van der Waals surface area contributed by atoms with Crippen LogP contribution in [0.2, 0.25) is 0 Å². The average Bonchev–Trinajstić information content (AvgIpc) is 2.98. The molecule has 1 radical (unpaired) electrons. The third-order valence-corrected chi connectivity index (χ3v) is 3.42. The van der Waals surface area contributed by atoms with E-state index in [9.17, 15) is 0 Å². The van der Waals surface area contributed by atoms with Crippen molar-refractivity contribution in [1.82, 2.24) is 4.57 Å². The fourth-order valence-electron chi connectivity index (χ4n) is 2.30. The number of rotatable bonds is 5. The Morgan fingerprint density at radius 1 is 0.857 bits per heavy atom. The van der Waals surface area contributed by atoms with Gasteiger partial charge >= 0.3 is 0 Å². The van der Waals surface area contributed by atoms with Gasteiger partial charge in [-0.2, -0.15) is 0 Å². The third kappa shape index (κ3) is 3.16. The summed E-state index contributed by atoms with van der Waals surface area (Å²) >= 11 is 0. The van der Waals surface area contributed by atoms with Gasteiger partial charge in [0, 0.05) is 24.5 Å². The molecule has 2 nitrogen and oxygen atoms in total. The van der Waals surface area contributed by atoms with Crippen LogP contribution in [-0.4, -0.2) is 4.57 Å². The quantitative estimate of drug-likeness (QED) is 0.666. The van der Waals surface area contributed by atoms with Crippen LogP contribution in [-0.2, 0) is 13.2 Å². The first-order valence-electron chi connectivity index (χ1n) is 7.08. The molecule has 2 aromatic carbocycles. The van der Waals surface area contributed by atoms with Crippen molar-refractivity contribution in [2.45, 2.75) is 13.2 Å². The summed E-state index contributed by atoms with van der Waals surface area (Å²) in [5, 5.41) is 0. The van der Waals surface area contributed by atoms with E-state index in [4.69, 9.17) is 4.74 Å². The zero-order valence-electron chi connectivity index (χ0n) is 11.9. The zero-order chi connectivity index (χ0) is 14.5. The molecule has 3 rings (SSSR count). The van der Waals surface area contributed by atoms with Crippen LogP contribution in [0.1, 0.15) is 5.56 Å². The van der Waals surface area contributed by atoms with Crippen LogP contribution in [0, 0.1) is 6.92 Å². The minimum absolute atomic E-state index is 0.571. The molecular formula is C19H18NO. The third-order valence-electron chi connectivity index (χ3n) is 3.42. The summed E-state index contributed by atoms with van der Waals surface area (Å²) in [6, 6.07) is 20.5. The highest BCUT2D eigenvalue weighted by Crippen LogP contribution is 2.31. The van der Waals surface area contributed by atoms with Gasteiger partial charge in [0.2, 0.25) is 0 Å². The lowest BCUT2D eigenvalue weighted by Crippen LogP contribution is -1.95. The smallest absolute Gasteiger partial charge is 0.145 e. The van der Waals surface area contributed by atoms with E-state index < -0.39 is 0 Å². The Morgan fingerprint density at radius 3 is 2.19 bits per heavy atom. The Balaban J connectivity index is 1.86. The second kappa shape index (κ2) is 6.31. The van der Waals surface area contributed by atoms with Crippen molar-refractivity contribution >= 4 is 0 Å². The van der Waals surface area contributed by atoms with E-state index in [-0.39, 0.29) is 0 Å². The summed E-state index contributed by atoms with van der Waals surface area (Å²) in [5.41, 5.74) is 3.43. The normalized spacial score (nSPS) is 10.5. The minimum atomic E-state index is 0.571. The predicted molar refractivity (Wildman–Crippen MR) is 86.0 cm³/mol. The highest BCUT2D eigenvalue weighted by atomic mass is 16.5. The van der Waals surface area contributed by atoms with Crippen LogP contribution in [0.25, 0.3) is 11.1 Å². The highest BCUT2D eigenvalue weighted by molar-refractivity contribution is 5.69. The van der Waals surface area contributed by atoms with Gasteiger partial charge < -0.3 is 9.30 Å². The van der Waals surface area contributed by atoms with Crippen molar-refractivity contribution < 1.29 is 4.74 Å². The van der Waals surface area contributed by atoms with Gasteiger partial charge in [0.1, 0.15) is 12.4 Å². The summed E-state index contributed by atoms with van der Waals surface area (Å²) in [5.74, 6) is 0.897. The molecule has 0 aliphatic rings. The Hall–Kier alpha value is -2.48. The maximum atomic E-state index is 6.01. The van der Waals surface area contributed by atoms with Crippen LogP contribution < -0.4 is 4.74 Å². The van der Waals surface area contributed by atoms with Crippen LogP contribution in [0.4, 0.5) is 0 Å². The molecule has 2 heteroatoms. The fraction of sp³-hybridized carbons (Fsp3) is 0.105. The van der Waals surface area contributed by atoms with Crippen molar-refractivity contribution in [2.75, 3.05) is 0 Å². The molecule has 0 aliphatic heterocycles. The van der Waals surface area contributed by atoms with Gasteiger partial charge in [-0.15, -0.1) is 0 Å². The van der Waals surface area contributed by atoms with Gasteiger partial charge in [0.05, 0.1) is 0 Å². The van der Waals surface area contributed by atoms with Crippen molar-refractivity contribution in [3.63, 3.8) is 0 Å². The second-order valence-electron chi connectivity index (χ2n) is 4.91. The Morgan fingerprint density at radius 2 is 1.52 bits per heavy atom. The number of ether oxygens (including phenoxy) is 1. The number of hydrogen-bond acceptors (Lipinski definition) is 1. The summed E-state index contributed by atoms with van der Waals surface area (Å²) in [4.78, 5) is 0. The lowest BCUT2D eigenvalue weighted by molar-refractivity contribution is 0.307. The first-order valence-corrected chi connectivity index (χ1v) is 7.08. The molecule has 0 aliphatic carbocycles. The van der Waals surface area contributed by atoms with E-state index in [2.05, 4.69) is 37.4 Å². The molecule has 0 spiro atoms. The van der Waals surface area contributed by atoms with Gasteiger partial charge in [-0.1, -0.05) is 60.7 Å². The lowest BCUT2D eigenvalue weighted by atomic mass is 10.1. The van der Waals surface area contributed by atoms with E-state index in [0.29, 0.717) is 13.2 Å². The molecule has 0 saturated heterocycles. The van der Waals surface area contributed by atoms with Gasteiger partial charge in [0.25, 0.3) is 0 Å². The minimum Gasteiger partial charge on any atom is -0.487 e. The maximum Gasteiger partial charge on any atom is 0.145 e. The first-order chi connectivity index (χ1) is 10.4. The van der Waals surface area contributed by atoms with Gasteiger partial charge in [0.15, 0.2) is 0 Å². The van der Waals surface area contributed by atoms with Crippen LogP contribution in [0.5, 0.6) is 5.75 Å². The topological polar surface area (TPSA) is 14.2 Å². The van der Waals surface area contributed by atoms with E-state index in [1.54, 1.807) is 0 Å². The zero-order valence-corrected chi connectivity index (χ0v) is 11.9. The van der Waals surface area contributed by atoms with Gasteiger partial charge in [-0.3, -0.25) is 0 Å². The Kier molecular flexibility index (Phi) is 4.06. The van der Waals surface area contributed by atoms with Gasteiger partial charge in [-0.05, 0) is 18.1 Å². The molecule has 3 aromatic rings. The Labute approximate surface area is 125 Å². The summed E-state index contributed by atoms with van der Waals surface area (Å²) in [6.07, 6.45) is 4.10. The molecule has 0 fully saturated rings. The predicted octanol–water partition coefficient (Wildman–Crippen LogP) is 4.57. The molecule has 1 aromatic heterocycles. The summed E-state index contributed by atoms with van der Waals surface area (Å²) in [7, 11) is 0. The molecule has 0 saturated carbocycles. The van der Waals surface area contributed by atoms with Crippen LogP contribution in [0.15, 0.2) is 73.1 Å². The summed E-state index contributed by atoms with van der Waals surface area (Å²) < 4.78 is 8.06. The largest absolute Gasteiger partial charge is 0.487 e. The standard InChI is InChI=1S/C19H18NO/c1-2-20-13-18(17-11-7-4-8-12-17)19(14-20)21-15-16-9-5-3-6-10-16/h3-14H,1-2,15H2. The molecule has 105 valence electrons. The van der Waals surface area contributed by atoms with Crippen molar-refractivity contribution in [3.8, 4) is 16.9 Å². The molecule has 0 bridgehead atoms. The van der Waals surface area contributed by atoms with E-state index in [1.807, 2.05) is 47.2 Å². The highest BCUT2D eigenvalue weighted by Gasteiger charge is 2.10. The van der Waals surface area contributed by atoms with Crippen LogP contribution >= 0.6 is 0 Å². The van der Waals surface area contributed by atoms with Crippen molar-refractivity contribution in [2.24, 2.45) is 0 Å². The number of hydrogen-bond donors (Lipinski definition) is 0. The number of benzene rings is 2. The lowest BCUT2D eigenvalue weighted by Gasteiger charge is -2.07. The average molecular weight is 276 g/mol. The fourth-order valence-corrected chi connectivity index (χ4v) is 2.30. The van der Waals surface area contributed by atoms with E-state index >= 15 is 0 Å². The van der Waals surface area contributed by atoms with E-state index in [1.165, 1.54) is 5.56 Å². The number of nitrogens with zero attached hydrogens (tertiary/aromatic N) is 1. The van der Waals surface area contributed by atoms with Gasteiger partial charge in [-0.25, -0.2) is 0 Å². The molecular weight excluding hydrogens is 258 g/mol. The Bertz CT molecular complexity index is 686. The molecule has 1 heterocycles. The maximum absolute atomic E-state index is 6.01. The SMILES string of the molecule is [CH2]Cn1cc(OCc2ccccc2)c(-c2ccccc2)c1. The molecule has 21 heavy (non-hydrogen) atoms. The molecule has 0 atom stereocenters. The van der Waals surface area contributed by atoms with Crippen LogP contribution in [0.3, 0.4) is 0 Å². The monoisotopic (exact) mass is 276 g/mol. The number of aromatic nitrogens is 1. The molecule has 0 amide bonds. The molecule has 0 unspecified atom stereocenters. The first kappa shape index (κ1) is 13.5. The summed E-state index contributed by atoms with van der Waals surface area (Å²) in [6.45, 7) is 5.19. The van der Waals surface area contributed by atoms with Crippen molar-refractivity contribution in [3.05, 3.63) is 85.5 Å². The second-order valence-corrected chi connectivity index (χ2v) is 4.91. The van der Waals surface area contributed by atoms with Crippen molar-refractivity contribution in [1.29, 1.82) is 0 Å². The van der Waals surface area contributed by atoms with E-state index in [0.717, 1.165) is 16.9 Å². The molecule has 0 N–H and O–H groups in total.